The molecule has 2 rings (SSSR count). The first-order valence-electron chi connectivity index (χ1n) is 5.40. The SMILES string of the molecule is COC[C@@H](C)Oc1cc(F)cc2cccnc12. The smallest absolute Gasteiger partial charge is 0.148 e. The third-order valence-corrected chi connectivity index (χ3v) is 2.36. The summed E-state index contributed by atoms with van der Waals surface area (Å²) in [5.74, 6) is 0.121. The summed E-state index contributed by atoms with van der Waals surface area (Å²) in [7, 11) is 1.60. The van der Waals surface area contributed by atoms with Crippen molar-refractivity contribution in [2.75, 3.05) is 13.7 Å². The van der Waals surface area contributed by atoms with Gasteiger partial charge in [0.05, 0.1) is 6.61 Å². The molecule has 1 heterocycles. The minimum atomic E-state index is -0.329. The number of rotatable bonds is 4. The van der Waals surface area contributed by atoms with Crippen molar-refractivity contribution in [2.24, 2.45) is 0 Å². The van der Waals surface area contributed by atoms with Gasteiger partial charge in [-0.3, -0.25) is 4.98 Å². The molecule has 1 aromatic heterocycles. The molecule has 0 amide bonds. The van der Waals surface area contributed by atoms with Crippen LogP contribution in [-0.2, 0) is 4.74 Å². The van der Waals surface area contributed by atoms with Crippen molar-refractivity contribution in [1.82, 2.24) is 4.98 Å². The van der Waals surface area contributed by atoms with Crippen LogP contribution in [0.15, 0.2) is 30.5 Å². The molecule has 2 aromatic rings. The average Bonchev–Trinajstić information content (AvgIpc) is 2.29. The zero-order valence-corrected chi connectivity index (χ0v) is 9.81. The number of aromatic nitrogens is 1. The second-order valence-electron chi connectivity index (χ2n) is 3.86. The average molecular weight is 235 g/mol. The first-order chi connectivity index (χ1) is 8.20. The minimum Gasteiger partial charge on any atom is -0.486 e. The predicted molar refractivity (Wildman–Crippen MR) is 63.7 cm³/mol. The standard InChI is InChI=1S/C13H14FNO2/c1-9(8-16-2)17-12-7-11(14)6-10-4-3-5-15-13(10)12/h3-7,9H,8H2,1-2H3/t9-/m1/s1. The molecular weight excluding hydrogens is 221 g/mol. The summed E-state index contributed by atoms with van der Waals surface area (Å²) >= 11 is 0. The van der Waals surface area contributed by atoms with E-state index in [1.165, 1.54) is 12.1 Å². The van der Waals surface area contributed by atoms with Gasteiger partial charge in [-0.15, -0.1) is 0 Å². The fourth-order valence-electron chi connectivity index (χ4n) is 1.70. The summed E-state index contributed by atoms with van der Waals surface area (Å²) < 4.78 is 24.0. The Morgan fingerprint density at radius 1 is 1.41 bits per heavy atom. The molecule has 0 N–H and O–H groups in total. The molecule has 0 unspecified atom stereocenters. The van der Waals surface area contributed by atoms with Crippen LogP contribution in [0.5, 0.6) is 5.75 Å². The number of hydrogen-bond acceptors (Lipinski definition) is 3. The molecule has 0 bridgehead atoms. The monoisotopic (exact) mass is 235 g/mol. The first kappa shape index (κ1) is 11.8. The maximum absolute atomic E-state index is 13.4. The molecule has 17 heavy (non-hydrogen) atoms. The van der Waals surface area contributed by atoms with Crippen molar-refractivity contribution >= 4 is 10.9 Å². The van der Waals surface area contributed by atoms with Crippen LogP contribution in [-0.4, -0.2) is 24.8 Å². The lowest BCUT2D eigenvalue weighted by molar-refractivity contribution is 0.0927. The molecule has 0 aliphatic carbocycles. The van der Waals surface area contributed by atoms with Crippen LogP contribution in [0, 0.1) is 5.82 Å². The largest absolute Gasteiger partial charge is 0.486 e. The van der Waals surface area contributed by atoms with Crippen LogP contribution in [0.4, 0.5) is 4.39 Å². The Morgan fingerprint density at radius 3 is 3.00 bits per heavy atom. The maximum atomic E-state index is 13.4. The van der Waals surface area contributed by atoms with E-state index in [0.717, 1.165) is 5.39 Å². The summed E-state index contributed by atoms with van der Waals surface area (Å²) in [6.07, 6.45) is 1.51. The van der Waals surface area contributed by atoms with E-state index in [1.807, 2.05) is 6.92 Å². The number of halogens is 1. The van der Waals surface area contributed by atoms with Gasteiger partial charge in [0, 0.05) is 24.8 Å². The lowest BCUT2D eigenvalue weighted by atomic mass is 10.2. The van der Waals surface area contributed by atoms with Crippen LogP contribution in [0.2, 0.25) is 0 Å². The number of pyridine rings is 1. The van der Waals surface area contributed by atoms with Gasteiger partial charge in [0.2, 0.25) is 0 Å². The Balaban J connectivity index is 2.38. The van der Waals surface area contributed by atoms with E-state index in [1.54, 1.807) is 25.4 Å². The zero-order chi connectivity index (χ0) is 12.3. The number of nitrogens with zero attached hydrogens (tertiary/aromatic N) is 1. The molecular formula is C13H14FNO2. The molecule has 0 saturated carbocycles. The van der Waals surface area contributed by atoms with E-state index < -0.39 is 0 Å². The number of hydrogen-bond donors (Lipinski definition) is 0. The molecule has 0 fully saturated rings. The molecule has 0 aliphatic heterocycles. The predicted octanol–water partition coefficient (Wildman–Crippen LogP) is 2.79. The highest BCUT2D eigenvalue weighted by atomic mass is 19.1. The summed E-state index contributed by atoms with van der Waals surface area (Å²) in [5, 5.41) is 0.729. The van der Waals surface area contributed by atoms with E-state index in [0.29, 0.717) is 17.9 Å². The van der Waals surface area contributed by atoms with Crippen LogP contribution >= 0.6 is 0 Å². The van der Waals surface area contributed by atoms with Crippen molar-refractivity contribution in [3.63, 3.8) is 0 Å². The van der Waals surface area contributed by atoms with Crippen molar-refractivity contribution in [2.45, 2.75) is 13.0 Å². The zero-order valence-electron chi connectivity index (χ0n) is 9.81. The quantitative estimate of drug-likeness (QED) is 0.816. The van der Waals surface area contributed by atoms with E-state index >= 15 is 0 Å². The van der Waals surface area contributed by atoms with Gasteiger partial charge in [-0.05, 0) is 19.1 Å². The normalized spacial score (nSPS) is 12.6. The maximum Gasteiger partial charge on any atom is 0.148 e. The molecule has 1 aromatic carbocycles. The van der Waals surface area contributed by atoms with Gasteiger partial charge in [-0.1, -0.05) is 6.07 Å². The van der Waals surface area contributed by atoms with E-state index in [9.17, 15) is 4.39 Å². The summed E-state index contributed by atoms with van der Waals surface area (Å²) in [4.78, 5) is 4.20. The highest BCUT2D eigenvalue weighted by molar-refractivity contribution is 5.84. The van der Waals surface area contributed by atoms with E-state index in [2.05, 4.69) is 4.98 Å². The van der Waals surface area contributed by atoms with Gasteiger partial charge in [-0.25, -0.2) is 4.39 Å². The topological polar surface area (TPSA) is 31.4 Å². The minimum absolute atomic E-state index is 0.146. The van der Waals surface area contributed by atoms with E-state index in [4.69, 9.17) is 9.47 Å². The third-order valence-electron chi connectivity index (χ3n) is 2.36. The van der Waals surface area contributed by atoms with Crippen LogP contribution < -0.4 is 4.74 Å². The fraction of sp³-hybridized carbons (Fsp3) is 0.308. The fourth-order valence-corrected chi connectivity index (χ4v) is 1.70. The third kappa shape index (κ3) is 2.71. The summed E-state index contributed by atoms with van der Waals surface area (Å²) in [6, 6.07) is 6.36. The molecule has 90 valence electrons. The molecule has 0 spiro atoms. The highest BCUT2D eigenvalue weighted by Gasteiger charge is 2.10. The Bertz CT molecular complexity index is 516. The van der Waals surface area contributed by atoms with Crippen molar-refractivity contribution in [1.29, 1.82) is 0 Å². The van der Waals surface area contributed by atoms with Gasteiger partial charge >= 0.3 is 0 Å². The second kappa shape index (κ2) is 5.10. The van der Waals surface area contributed by atoms with Gasteiger partial charge < -0.3 is 9.47 Å². The first-order valence-corrected chi connectivity index (χ1v) is 5.40. The number of methoxy groups -OCH3 is 1. The van der Waals surface area contributed by atoms with Crippen LogP contribution in [0.3, 0.4) is 0 Å². The second-order valence-corrected chi connectivity index (χ2v) is 3.86. The molecule has 0 aliphatic rings. The number of benzene rings is 1. The Hall–Kier alpha value is -1.68. The van der Waals surface area contributed by atoms with Gasteiger partial charge in [0.25, 0.3) is 0 Å². The van der Waals surface area contributed by atoms with E-state index in [-0.39, 0.29) is 11.9 Å². The molecule has 0 radical (unpaired) electrons. The lowest BCUT2D eigenvalue weighted by Crippen LogP contribution is -2.18. The van der Waals surface area contributed by atoms with Gasteiger partial charge in [0.15, 0.2) is 0 Å². The van der Waals surface area contributed by atoms with Crippen molar-refractivity contribution < 1.29 is 13.9 Å². The Morgan fingerprint density at radius 2 is 2.24 bits per heavy atom. The summed E-state index contributed by atoms with van der Waals surface area (Å²) in [5.41, 5.74) is 0.664. The molecule has 0 saturated heterocycles. The van der Waals surface area contributed by atoms with Gasteiger partial charge in [-0.2, -0.15) is 0 Å². The van der Waals surface area contributed by atoms with Crippen molar-refractivity contribution in [3.05, 3.63) is 36.3 Å². The van der Waals surface area contributed by atoms with Crippen LogP contribution in [0.1, 0.15) is 6.92 Å². The Labute approximate surface area is 99.2 Å². The molecule has 1 atom stereocenters. The number of fused-ring (bicyclic) bond motifs is 1. The Kier molecular flexibility index (Phi) is 3.54. The van der Waals surface area contributed by atoms with Crippen LogP contribution in [0.25, 0.3) is 10.9 Å². The lowest BCUT2D eigenvalue weighted by Gasteiger charge is -2.15. The van der Waals surface area contributed by atoms with Crippen molar-refractivity contribution in [3.8, 4) is 5.75 Å². The van der Waals surface area contributed by atoms with Gasteiger partial charge in [0.1, 0.15) is 23.2 Å². The number of ether oxygens (including phenoxy) is 2. The summed E-state index contributed by atoms with van der Waals surface area (Å²) in [6.45, 7) is 2.31. The molecule has 4 heteroatoms. The molecule has 3 nitrogen and oxygen atoms in total. The highest BCUT2D eigenvalue weighted by Crippen LogP contribution is 2.25.